The first-order valence-corrected chi connectivity index (χ1v) is 9.14. The average Bonchev–Trinajstić information content (AvgIpc) is 3.13. The Balaban J connectivity index is 1.58. The topological polar surface area (TPSA) is 69.7 Å². The van der Waals surface area contributed by atoms with Crippen LogP contribution >= 0.6 is 11.3 Å². The molecule has 6 nitrogen and oxygen atoms in total. The fourth-order valence-corrected chi connectivity index (χ4v) is 3.22. The van der Waals surface area contributed by atoms with E-state index in [1.165, 1.54) is 7.11 Å². The first-order valence-electron chi connectivity index (χ1n) is 8.26. The molecule has 1 heterocycles. The molecule has 1 aromatic heterocycles. The Kier molecular flexibility index (Phi) is 5.93. The maximum Gasteiger partial charge on any atom is 0.262 e. The highest BCUT2D eigenvalue weighted by molar-refractivity contribution is 7.13. The molecule has 1 N–H and O–H groups in total. The van der Waals surface area contributed by atoms with Crippen LogP contribution in [-0.2, 0) is 4.79 Å². The van der Waals surface area contributed by atoms with Crippen LogP contribution in [0.5, 0.6) is 17.2 Å². The summed E-state index contributed by atoms with van der Waals surface area (Å²) in [5, 5.41) is 5.74. The van der Waals surface area contributed by atoms with E-state index >= 15 is 0 Å². The molecule has 0 fully saturated rings. The largest absolute Gasteiger partial charge is 0.497 e. The summed E-state index contributed by atoms with van der Waals surface area (Å²) >= 11 is 1.60. The lowest BCUT2D eigenvalue weighted by atomic mass is 10.2. The number of methoxy groups -OCH3 is 2. The number of nitrogens with one attached hydrogen (secondary N) is 1. The highest BCUT2D eigenvalue weighted by atomic mass is 32.1. The van der Waals surface area contributed by atoms with Crippen molar-refractivity contribution in [2.24, 2.45) is 0 Å². The van der Waals surface area contributed by atoms with Gasteiger partial charge in [-0.05, 0) is 43.3 Å². The third-order valence-corrected chi connectivity index (χ3v) is 4.78. The Hall–Kier alpha value is -3.06. The number of benzene rings is 2. The summed E-state index contributed by atoms with van der Waals surface area (Å²) in [7, 11) is 3.11. The van der Waals surface area contributed by atoms with Crippen molar-refractivity contribution >= 4 is 22.9 Å². The van der Waals surface area contributed by atoms with Crippen LogP contribution in [0, 0.1) is 6.92 Å². The monoisotopic (exact) mass is 384 g/mol. The quantitative estimate of drug-likeness (QED) is 0.663. The predicted molar refractivity (Wildman–Crippen MR) is 106 cm³/mol. The second kappa shape index (κ2) is 8.55. The lowest BCUT2D eigenvalue weighted by Gasteiger charge is -2.12. The summed E-state index contributed by atoms with van der Waals surface area (Å²) in [4.78, 5) is 16.6. The molecule has 0 saturated carbocycles. The van der Waals surface area contributed by atoms with E-state index in [0.717, 1.165) is 16.3 Å². The molecule has 0 aliphatic rings. The summed E-state index contributed by atoms with van der Waals surface area (Å²) in [6, 6.07) is 12.7. The van der Waals surface area contributed by atoms with Gasteiger partial charge < -0.3 is 19.5 Å². The third-order valence-electron chi connectivity index (χ3n) is 3.77. The number of amides is 1. The first-order chi connectivity index (χ1) is 13.1. The average molecular weight is 384 g/mol. The molecule has 3 rings (SSSR count). The van der Waals surface area contributed by atoms with Gasteiger partial charge in [-0.25, -0.2) is 4.98 Å². The molecule has 0 aliphatic heterocycles. The van der Waals surface area contributed by atoms with Crippen LogP contribution in [0.25, 0.3) is 10.6 Å². The van der Waals surface area contributed by atoms with Gasteiger partial charge in [0.2, 0.25) is 0 Å². The normalized spacial score (nSPS) is 10.3. The fourth-order valence-electron chi connectivity index (χ4n) is 2.42. The van der Waals surface area contributed by atoms with Crippen molar-refractivity contribution in [1.82, 2.24) is 4.98 Å². The molecule has 0 atom stereocenters. The number of hydrogen-bond donors (Lipinski definition) is 1. The minimum atomic E-state index is -0.280. The van der Waals surface area contributed by atoms with Gasteiger partial charge in [0.1, 0.15) is 22.3 Å². The van der Waals surface area contributed by atoms with Crippen molar-refractivity contribution < 1.29 is 19.0 Å². The Morgan fingerprint density at radius 2 is 1.81 bits per heavy atom. The van der Waals surface area contributed by atoms with Crippen molar-refractivity contribution in [3.05, 3.63) is 53.5 Å². The molecule has 0 bridgehead atoms. The summed E-state index contributed by atoms with van der Waals surface area (Å²) in [6.07, 6.45) is 0. The van der Waals surface area contributed by atoms with Crippen LogP contribution in [0.4, 0.5) is 5.69 Å². The van der Waals surface area contributed by atoms with E-state index in [1.54, 1.807) is 36.6 Å². The number of carbonyl (C=O) groups excluding carboxylic acids is 1. The van der Waals surface area contributed by atoms with E-state index in [9.17, 15) is 4.79 Å². The molecule has 7 heteroatoms. The summed E-state index contributed by atoms with van der Waals surface area (Å²) < 4.78 is 16.0. The molecule has 0 unspecified atom stereocenters. The zero-order valence-corrected chi connectivity index (χ0v) is 16.1. The number of aryl methyl sites for hydroxylation is 1. The Morgan fingerprint density at radius 3 is 2.44 bits per heavy atom. The minimum absolute atomic E-state index is 0.106. The van der Waals surface area contributed by atoms with E-state index in [2.05, 4.69) is 10.3 Å². The van der Waals surface area contributed by atoms with E-state index in [1.807, 2.05) is 36.6 Å². The number of ether oxygens (including phenoxy) is 3. The standard InChI is InChI=1S/C20H20N2O4S/c1-13-12-27-20(21-13)14-4-6-15(7-5-14)26-11-19(23)22-17-9-8-16(24-2)10-18(17)25-3/h4-10,12H,11H2,1-3H3,(H,22,23). The van der Waals surface area contributed by atoms with E-state index in [4.69, 9.17) is 14.2 Å². The molecule has 2 aromatic carbocycles. The highest BCUT2D eigenvalue weighted by Crippen LogP contribution is 2.29. The van der Waals surface area contributed by atoms with Gasteiger partial charge in [-0.3, -0.25) is 4.79 Å². The molecular weight excluding hydrogens is 364 g/mol. The van der Waals surface area contributed by atoms with Gasteiger partial charge >= 0.3 is 0 Å². The van der Waals surface area contributed by atoms with Crippen molar-refractivity contribution in [3.63, 3.8) is 0 Å². The van der Waals surface area contributed by atoms with Crippen molar-refractivity contribution in [2.75, 3.05) is 26.1 Å². The number of anilines is 1. The molecular formula is C20H20N2O4S. The fraction of sp³-hybridized carbons (Fsp3) is 0.200. The molecule has 0 radical (unpaired) electrons. The van der Waals surface area contributed by atoms with Crippen LogP contribution in [0.2, 0.25) is 0 Å². The van der Waals surface area contributed by atoms with Gasteiger partial charge in [0.05, 0.1) is 19.9 Å². The van der Waals surface area contributed by atoms with E-state index in [0.29, 0.717) is 22.9 Å². The number of nitrogens with zero attached hydrogens (tertiary/aromatic N) is 1. The van der Waals surface area contributed by atoms with Crippen molar-refractivity contribution in [3.8, 4) is 27.8 Å². The van der Waals surface area contributed by atoms with Crippen LogP contribution in [-0.4, -0.2) is 31.7 Å². The van der Waals surface area contributed by atoms with Crippen LogP contribution in [0.1, 0.15) is 5.69 Å². The zero-order valence-electron chi connectivity index (χ0n) is 15.3. The second-order valence-electron chi connectivity index (χ2n) is 5.72. The summed E-state index contributed by atoms with van der Waals surface area (Å²) in [6.45, 7) is 1.86. The van der Waals surface area contributed by atoms with Gasteiger partial charge in [-0.15, -0.1) is 11.3 Å². The number of rotatable bonds is 7. The van der Waals surface area contributed by atoms with Crippen molar-refractivity contribution in [1.29, 1.82) is 0 Å². The summed E-state index contributed by atoms with van der Waals surface area (Å²) in [5.41, 5.74) is 2.58. The van der Waals surface area contributed by atoms with Gasteiger partial charge in [0.15, 0.2) is 6.61 Å². The number of hydrogen-bond acceptors (Lipinski definition) is 6. The molecule has 0 spiro atoms. The molecule has 0 saturated heterocycles. The Bertz CT molecular complexity index is 922. The maximum absolute atomic E-state index is 12.2. The van der Waals surface area contributed by atoms with Crippen LogP contribution in [0.15, 0.2) is 47.8 Å². The first kappa shape index (κ1) is 18.7. The third kappa shape index (κ3) is 4.77. The highest BCUT2D eigenvalue weighted by Gasteiger charge is 2.10. The predicted octanol–water partition coefficient (Wildman–Crippen LogP) is 4.15. The lowest BCUT2D eigenvalue weighted by molar-refractivity contribution is -0.118. The molecule has 0 aliphatic carbocycles. The SMILES string of the molecule is COc1ccc(NC(=O)COc2ccc(-c3nc(C)cs3)cc2)c(OC)c1. The number of thiazole rings is 1. The smallest absolute Gasteiger partial charge is 0.262 e. The Labute approximate surface area is 161 Å². The van der Waals surface area contributed by atoms with E-state index < -0.39 is 0 Å². The Morgan fingerprint density at radius 1 is 1.07 bits per heavy atom. The molecule has 27 heavy (non-hydrogen) atoms. The lowest BCUT2D eigenvalue weighted by Crippen LogP contribution is -2.20. The minimum Gasteiger partial charge on any atom is -0.497 e. The zero-order chi connectivity index (χ0) is 19.2. The van der Waals surface area contributed by atoms with Crippen molar-refractivity contribution in [2.45, 2.75) is 6.92 Å². The molecule has 1 amide bonds. The number of carbonyl (C=O) groups is 1. The van der Waals surface area contributed by atoms with Gasteiger partial charge in [0, 0.05) is 22.7 Å². The van der Waals surface area contributed by atoms with E-state index in [-0.39, 0.29) is 12.5 Å². The summed E-state index contributed by atoms with van der Waals surface area (Å²) in [5.74, 6) is 1.50. The maximum atomic E-state index is 12.2. The van der Waals surface area contributed by atoms with Gasteiger partial charge in [-0.2, -0.15) is 0 Å². The van der Waals surface area contributed by atoms with Crippen LogP contribution < -0.4 is 19.5 Å². The van der Waals surface area contributed by atoms with Gasteiger partial charge in [-0.1, -0.05) is 0 Å². The second-order valence-corrected chi connectivity index (χ2v) is 6.58. The molecule has 3 aromatic rings. The van der Waals surface area contributed by atoms with Crippen LogP contribution in [0.3, 0.4) is 0 Å². The molecule has 140 valence electrons. The van der Waals surface area contributed by atoms with Gasteiger partial charge in [0.25, 0.3) is 5.91 Å². The number of aromatic nitrogens is 1.